The van der Waals surface area contributed by atoms with Gasteiger partial charge >= 0.3 is 0 Å². The summed E-state index contributed by atoms with van der Waals surface area (Å²) >= 11 is 0. The fourth-order valence-corrected chi connectivity index (χ4v) is 12.1. The van der Waals surface area contributed by atoms with Crippen LogP contribution in [0.2, 0.25) is 0 Å². The van der Waals surface area contributed by atoms with Crippen molar-refractivity contribution >= 4 is 49.5 Å². The Hall–Kier alpha value is -9.50. The lowest BCUT2D eigenvalue weighted by atomic mass is 9.81. The summed E-state index contributed by atoms with van der Waals surface area (Å²) in [6.07, 6.45) is 0. The Morgan fingerprint density at radius 2 is 0.773 bits per heavy atom. The van der Waals surface area contributed by atoms with Crippen molar-refractivity contribution in [3.8, 4) is 72.6 Å². The molecule has 1 aliphatic rings. The molecule has 0 spiro atoms. The Kier molecular flexibility index (Phi) is 10.6. The van der Waals surface area contributed by atoms with Crippen molar-refractivity contribution in [2.45, 2.75) is 19.3 Å². The van der Waals surface area contributed by atoms with Gasteiger partial charge in [0, 0.05) is 44.5 Å². The van der Waals surface area contributed by atoms with Gasteiger partial charge in [0.25, 0.3) is 0 Å². The van der Waals surface area contributed by atoms with Crippen molar-refractivity contribution in [2.24, 2.45) is 0 Å². The number of hydrogen-bond acceptors (Lipinski definition) is 1. The van der Waals surface area contributed by atoms with E-state index in [1.807, 2.05) is 0 Å². The minimum absolute atomic E-state index is 0.286. The maximum Gasteiger partial charge on any atom is 0.0620 e. The second-order valence-electron chi connectivity index (χ2n) is 20.5. The summed E-state index contributed by atoms with van der Waals surface area (Å²) in [7, 11) is 0. The van der Waals surface area contributed by atoms with E-state index in [9.17, 15) is 0 Å². The van der Waals surface area contributed by atoms with Gasteiger partial charge < -0.3 is 9.47 Å². The number of fused-ring (bicyclic) bond motifs is 7. The average Bonchev–Trinajstić information content (AvgIpc) is 4.04. The molecule has 0 atom stereocenters. The minimum Gasteiger partial charge on any atom is -0.310 e. The number of hydrogen-bond donors (Lipinski definition) is 0. The van der Waals surface area contributed by atoms with Crippen LogP contribution in [0.4, 0.5) is 17.1 Å². The van der Waals surface area contributed by atoms with Crippen LogP contribution in [0.15, 0.2) is 279 Å². The molecule has 2 nitrogen and oxygen atoms in total. The highest BCUT2D eigenvalue weighted by atomic mass is 15.1. The van der Waals surface area contributed by atoms with Crippen molar-refractivity contribution in [1.82, 2.24) is 4.57 Å². The summed E-state index contributed by atoms with van der Waals surface area (Å²) in [5, 5.41) is 6.12. The minimum atomic E-state index is -0.286. The van der Waals surface area contributed by atoms with E-state index in [1.165, 1.54) is 110 Å². The van der Waals surface area contributed by atoms with Gasteiger partial charge in [0.05, 0.1) is 11.2 Å². The van der Waals surface area contributed by atoms with E-state index < -0.39 is 0 Å². The van der Waals surface area contributed by atoms with Crippen molar-refractivity contribution in [2.75, 3.05) is 4.90 Å². The smallest absolute Gasteiger partial charge is 0.0620 e. The third-order valence-electron chi connectivity index (χ3n) is 15.8. The third-order valence-corrected chi connectivity index (χ3v) is 15.8. The first-order chi connectivity index (χ1) is 37.0. The van der Waals surface area contributed by atoms with E-state index in [1.54, 1.807) is 0 Å². The first-order valence-corrected chi connectivity index (χ1v) is 26.1. The summed E-state index contributed by atoms with van der Waals surface area (Å²) in [4.78, 5) is 2.41. The molecule has 0 unspecified atom stereocenters. The van der Waals surface area contributed by atoms with Gasteiger partial charge in [-0.1, -0.05) is 232 Å². The highest BCUT2D eigenvalue weighted by Gasteiger charge is 2.37. The normalized spacial score (nSPS) is 12.5. The van der Waals surface area contributed by atoms with Gasteiger partial charge in [-0.25, -0.2) is 0 Å². The Balaban J connectivity index is 0.925. The molecule has 0 N–H and O–H groups in total. The molecule has 0 bridgehead atoms. The van der Waals surface area contributed by atoms with Crippen molar-refractivity contribution in [3.63, 3.8) is 0 Å². The molecule has 0 saturated carbocycles. The maximum absolute atomic E-state index is 2.53. The molecule has 1 heterocycles. The van der Waals surface area contributed by atoms with Gasteiger partial charge in [-0.3, -0.25) is 0 Å². The molecular weight excluding hydrogens is 905 g/mol. The average molecular weight is 957 g/mol. The Morgan fingerprint density at radius 3 is 1.39 bits per heavy atom. The number of nitrogens with zero attached hydrogens (tertiary/aromatic N) is 2. The molecule has 13 aromatic rings. The Bertz CT molecular complexity index is 4180. The number of anilines is 3. The van der Waals surface area contributed by atoms with E-state index >= 15 is 0 Å². The van der Waals surface area contributed by atoms with Crippen LogP contribution in [0, 0.1) is 0 Å². The summed E-state index contributed by atoms with van der Waals surface area (Å²) in [6, 6.07) is 103. The standard InChI is InChI=1S/C73H52N2/c1-73(2)68-46-57(36-43-63(68)64-44-42-61(47-69(64)73)74(58-37-31-52(32-38-58)49-19-7-3-8-20-49)59-39-33-53(34-40-59)50-21-9-4-10-22-50)66-48-67-70(54-24-11-5-12-25-54)71(55-26-13-6-14-27-55)75(72(67)65-30-18-17-29-62(65)66)60-41-35-51-23-15-16-28-56(51)45-60/h3-48H,1-2H3. The monoisotopic (exact) mass is 956 g/mol. The summed E-state index contributed by atoms with van der Waals surface area (Å²) in [5.74, 6) is 0. The van der Waals surface area contributed by atoms with E-state index in [0.717, 1.165) is 22.7 Å². The lowest BCUT2D eigenvalue weighted by Gasteiger charge is -2.28. The lowest BCUT2D eigenvalue weighted by molar-refractivity contribution is 0.660. The zero-order valence-corrected chi connectivity index (χ0v) is 42.0. The van der Waals surface area contributed by atoms with Gasteiger partial charge in [0.15, 0.2) is 0 Å². The highest BCUT2D eigenvalue weighted by molar-refractivity contribution is 6.20. The largest absolute Gasteiger partial charge is 0.310 e. The molecular formula is C73H52N2. The molecule has 0 saturated heterocycles. The molecule has 0 radical (unpaired) electrons. The van der Waals surface area contributed by atoms with Crippen LogP contribution in [0.5, 0.6) is 0 Å². The molecule has 0 fully saturated rings. The van der Waals surface area contributed by atoms with Crippen LogP contribution in [-0.4, -0.2) is 4.57 Å². The molecule has 354 valence electrons. The topological polar surface area (TPSA) is 8.17 Å². The van der Waals surface area contributed by atoms with Gasteiger partial charge in [-0.15, -0.1) is 0 Å². The zero-order chi connectivity index (χ0) is 50.0. The lowest BCUT2D eigenvalue weighted by Crippen LogP contribution is -2.16. The van der Waals surface area contributed by atoms with Crippen LogP contribution in [-0.2, 0) is 5.41 Å². The number of benzene rings is 12. The fraction of sp³-hybridized carbons (Fsp3) is 0.0411. The third kappa shape index (κ3) is 7.48. The van der Waals surface area contributed by atoms with Crippen LogP contribution < -0.4 is 4.90 Å². The molecule has 2 heteroatoms. The van der Waals surface area contributed by atoms with E-state index in [4.69, 9.17) is 0 Å². The first-order valence-electron chi connectivity index (χ1n) is 26.1. The van der Waals surface area contributed by atoms with Gasteiger partial charge in [0.2, 0.25) is 0 Å². The molecule has 0 amide bonds. The molecule has 12 aromatic carbocycles. The Labute approximate surface area is 438 Å². The summed E-state index contributed by atoms with van der Waals surface area (Å²) in [6.45, 7) is 4.81. The zero-order valence-electron chi connectivity index (χ0n) is 42.0. The summed E-state index contributed by atoms with van der Waals surface area (Å²) < 4.78 is 2.53. The van der Waals surface area contributed by atoms with Crippen molar-refractivity contribution in [1.29, 1.82) is 0 Å². The fourth-order valence-electron chi connectivity index (χ4n) is 12.1. The van der Waals surface area contributed by atoms with Crippen molar-refractivity contribution in [3.05, 3.63) is 290 Å². The number of rotatable bonds is 9. The Morgan fingerprint density at radius 1 is 0.307 bits per heavy atom. The molecule has 14 rings (SSSR count). The predicted molar refractivity (Wildman–Crippen MR) is 318 cm³/mol. The first kappa shape index (κ1) is 44.2. The second kappa shape index (κ2) is 17.9. The van der Waals surface area contributed by atoms with Gasteiger partial charge in [0.1, 0.15) is 0 Å². The van der Waals surface area contributed by atoms with Crippen LogP contribution in [0.3, 0.4) is 0 Å². The molecule has 0 aliphatic heterocycles. The van der Waals surface area contributed by atoms with E-state index in [-0.39, 0.29) is 5.41 Å². The van der Waals surface area contributed by atoms with Crippen LogP contribution in [0.1, 0.15) is 25.0 Å². The second-order valence-corrected chi connectivity index (χ2v) is 20.5. The van der Waals surface area contributed by atoms with Gasteiger partial charge in [-0.05, 0) is 144 Å². The van der Waals surface area contributed by atoms with Crippen LogP contribution >= 0.6 is 0 Å². The molecule has 1 aliphatic carbocycles. The quantitative estimate of drug-likeness (QED) is 0.140. The van der Waals surface area contributed by atoms with E-state index in [2.05, 4.69) is 302 Å². The predicted octanol–water partition coefficient (Wildman–Crippen LogP) is 20.0. The highest BCUT2D eigenvalue weighted by Crippen LogP contribution is 2.53. The van der Waals surface area contributed by atoms with Crippen LogP contribution in [0.25, 0.3) is 105 Å². The maximum atomic E-state index is 2.53. The summed E-state index contributed by atoms with van der Waals surface area (Å²) in [5.41, 5.74) is 22.7. The van der Waals surface area contributed by atoms with E-state index in [0.29, 0.717) is 0 Å². The molecule has 1 aromatic heterocycles. The molecule has 75 heavy (non-hydrogen) atoms. The number of aromatic nitrogens is 1. The SMILES string of the molecule is CC1(C)c2cc(-c3cc4c(-c5ccccc5)c(-c5ccccc5)n(-c5ccc6ccccc6c5)c4c4ccccc34)ccc2-c2ccc(N(c3ccc(-c4ccccc4)cc3)c3ccc(-c4ccccc4)cc3)cc21. The van der Waals surface area contributed by atoms with Gasteiger partial charge in [-0.2, -0.15) is 0 Å². The van der Waals surface area contributed by atoms with Crippen molar-refractivity contribution < 1.29 is 0 Å².